The van der Waals surface area contributed by atoms with Gasteiger partial charge in [0.2, 0.25) is 0 Å². The Morgan fingerprint density at radius 3 is 1.55 bits per heavy atom. The van der Waals surface area contributed by atoms with Crippen molar-refractivity contribution in [2.45, 2.75) is 40.7 Å². The van der Waals surface area contributed by atoms with Crippen molar-refractivity contribution in [2.75, 3.05) is 20.6 Å². The van der Waals surface area contributed by atoms with E-state index in [1.165, 1.54) is 6.54 Å². The maximum atomic E-state index is 2.30. The minimum Gasteiger partial charge on any atom is -0.326 e. The van der Waals surface area contributed by atoms with Gasteiger partial charge in [-0.3, -0.25) is 0 Å². The zero-order valence-electron chi connectivity index (χ0n) is 9.23. The smallest absolute Gasteiger partial charge is 0.0833 e. The van der Waals surface area contributed by atoms with Gasteiger partial charge in [-0.2, -0.15) is 0 Å². The molecule has 0 aromatic carbocycles. The molecule has 0 atom stereocenters. The highest BCUT2D eigenvalue weighted by molar-refractivity contribution is 4.60. The lowest BCUT2D eigenvalue weighted by molar-refractivity contribution is -0.916. The normalized spacial score (nSPS) is 14.2. The molecule has 0 rings (SSSR count). The first kappa shape index (κ1) is 11.0. The quantitative estimate of drug-likeness (QED) is 0.542. The summed E-state index contributed by atoms with van der Waals surface area (Å²) < 4.78 is 1.11. The second kappa shape index (κ2) is 3.14. The molecule has 0 radical (unpaired) electrons. The van der Waals surface area contributed by atoms with E-state index >= 15 is 0 Å². The average molecular weight is 158 g/mol. The standard InChI is InChI=1S/C10H24N/c1-9(2)11(6,7)8-10(3,4)5/h9H,8H2,1-7H3/q+1. The van der Waals surface area contributed by atoms with E-state index in [2.05, 4.69) is 48.7 Å². The number of hydrogen-bond donors (Lipinski definition) is 0. The monoisotopic (exact) mass is 158 g/mol. The van der Waals surface area contributed by atoms with Crippen LogP contribution in [0, 0.1) is 5.41 Å². The van der Waals surface area contributed by atoms with Gasteiger partial charge in [0.25, 0.3) is 0 Å². The SMILES string of the molecule is CC(C)[N+](C)(C)CC(C)(C)C. The molecule has 0 aliphatic heterocycles. The van der Waals surface area contributed by atoms with Crippen LogP contribution in [0.4, 0.5) is 0 Å². The van der Waals surface area contributed by atoms with Crippen molar-refractivity contribution in [3.05, 3.63) is 0 Å². The Labute approximate surface area is 72.0 Å². The van der Waals surface area contributed by atoms with Crippen molar-refractivity contribution < 1.29 is 4.48 Å². The van der Waals surface area contributed by atoms with E-state index in [0.29, 0.717) is 11.5 Å². The molecular formula is C10H24N+. The van der Waals surface area contributed by atoms with E-state index in [1.807, 2.05) is 0 Å². The second-order valence-electron chi connectivity index (χ2n) is 5.59. The first-order valence-corrected chi connectivity index (χ1v) is 4.48. The Morgan fingerprint density at radius 2 is 1.45 bits per heavy atom. The van der Waals surface area contributed by atoms with Crippen molar-refractivity contribution >= 4 is 0 Å². The minimum absolute atomic E-state index is 0.438. The Morgan fingerprint density at radius 1 is 1.09 bits per heavy atom. The molecular weight excluding hydrogens is 134 g/mol. The molecule has 0 saturated heterocycles. The molecule has 0 spiro atoms. The van der Waals surface area contributed by atoms with Crippen molar-refractivity contribution in [1.82, 2.24) is 0 Å². The van der Waals surface area contributed by atoms with Gasteiger partial charge in [0.15, 0.2) is 0 Å². The van der Waals surface area contributed by atoms with Gasteiger partial charge >= 0.3 is 0 Å². The lowest BCUT2D eigenvalue weighted by Gasteiger charge is -2.39. The van der Waals surface area contributed by atoms with E-state index in [9.17, 15) is 0 Å². The van der Waals surface area contributed by atoms with Crippen LogP contribution in [-0.4, -0.2) is 31.2 Å². The van der Waals surface area contributed by atoms with Gasteiger partial charge in [0, 0.05) is 5.41 Å². The van der Waals surface area contributed by atoms with Crippen LogP contribution in [0.3, 0.4) is 0 Å². The van der Waals surface area contributed by atoms with Crippen LogP contribution < -0.4 is 0 Å². The number of rotatable bonds is 2. The molecule has 0 unspecified atom stereocenters. The molecule has 0 fully saturated rings. The molecule has 11 heavy (non-hydrogen) atoms. The Balaban J connectivity index is 4.13. The highest BCUT2D eigenvalue weighted by atomic mass is 15.3. The summed E-state index contributed by atoms with van der Waals surface area (Å²) in [5.74, 6) is 0. The minimum atomic E-state index is 0.438. The molecule has 0 aliphatic rings. The van der Waals surface area contributed by atoms with Crippen molar-refractivity contribution in [3.8, 4) is 0 Å². The number of hydrogen-bond acceptors (Lipinski definition) is 0. The van der Waals surface area contributed by atoms with E-state index in [4.69, 9.17) is 0 Å². The first-order chi connectivity index (χ1) is 4.65. The highest BCUT2D eigenvalue weighted by Gasteiger charge is 2.26. The summed E-state index contributed by atoms with van der Waals surface area (Å²) in [5, 5.41) is 0. The Hall–Kier alpha value is -0.0400. The van der Waals surface area contributed by atoms with Crippen LogP contribution in [0.25, 0.3) is 0 Å². The first-order valence-electron chi connectivity index (χ1n) is 4.48. The summed E-state index contributed by atoms with van der Waals surface area (Å²) in [6.07, 6.45) is 0. The van der Waals surface area contributed by atoms with Gasteiger partial charge < -0.3 is 4.48 Å². The summed E-state index contributed by atoms with van der Waals surface area (Å²) in [4.78, 5) is 0. The molecule has 0 saturated carbocycles. The second-order valence-corrected chi connectivity index (χ2v) is 5.59. The van der Waals surface area contributed by atoms with Crippen LogP contribution in [-0.2, 0) is 0 Å². The van der Waals surface area contributed by atoms with E-state index in [1.54, 1.807) is 0 Å². The molecule has 0 aromatic rings. The zero-order valence-corrected chi connectivity index (χ0v) is 9.23. The molecule has 0 N–H and O–H groups in total. The molecule has 0 heterocycles. The third kappa shape index (κ3) is 4.41. The fourth-order valence-electron chi connectivity index (χ4n) is 1.41. The summed E-state index contributed by atoms with van der Waals surface area (Å²) >= 11 is 0. The average Bonchev–Trinajstić information content (AvgIpc) is 1.56. The number of quaternary nitrogens is 1. The van der Waals surface area contributed by atoms with Gasteiger partial charge in [-0.1, -0.05) is 20.8 Å². The van der Waals surface area contributed by atoms with Crippen molar-refractivity contribution in [3.63, 3.8) is 0 Å². The molecule has 0 aromatic heterocycles. The summed E-state index contributed by atoms with van der Waals surface area (Å²) in [7, 11) is 4.60. The van der Waals surface area contributed by atoms with Crippen LogP contribution in [0.2, 0.25) is 0 Å². The van der Waals surface area contributed by atoms with E-state index in [0.717, 1.165) is 4.48 Å². The summed E-state index contributed by atoms with van der Waals surface area (Å²) in [6.45, 7) is 12.7. The lowest BCUT2D eigenvalue weighted by atomic mass is 9.94. The molecule has 0 amide bonds. The van der Waals surface area contributed by atoms with E-state index in [-0.39, 0.29) is 0 Å². The third-order valence-electron chi connectivity index (χ3n) is 2.28. The topological polar surface area (TPSA) is 0 Å². The van der Waals surface area contributed by atoms with Crippen LogP contribution in [0.15, 0.2) is 0 Å². The largest absolute Gasteiger partial charge is 0.326 e. The molecule has 1 heteroatoms. The lowest BCUT2D eigenvalue weighted by Crippen LogP contribution is -2.50. The Kier molecular flexibility index (Phi) is 3.13. The van der Waals surface area contributed by atoms with Crippen LogP contribution in [0.1, 0.15) is 34.6 Å². The van der Waals surface area contributed by atoms with Gasteiger partial charge in [-0.15, -0.1) is 0 Å². The highest BCUT2D eigenvalue weighted by Crippen LogP contribution is 2.20. The van der Waals surface area contributed by atoms with Crippen molar-refractivity contribution in [2.24, 2.45) is 5.41 Å². The maximum absolute atomic E-state index is 2.30. The fourth-order valence-corrected chi connectivity index (χ4v) is 1.41. The predicted octanol–water partition coefficient (Wildman–Crippen LogP) is 2.52. The van der Waals surface area contributed by atoms with Crippen molar-refractivity contribution in [1.29, 1.82) is 0 Å². The number of nitrogens with zero attached hydrogens (tertiary/aromatic N) is 1. The van der Waals surface area contributed by atoms with E-state index < -0.39 is 0 Å². The van der Waals surface area contributed by atoms with Gasteiger partial charge in [0.1, 0.15) is 0 Å². The zero-order chi connectivity index (χ0) is 9.28. The molecule has 1 nitrogen and oxygen atoms in total. The fraction of sp³-hybridized carbons (Fsp3) is 1.00. The van der Waals surface area contributed by atoms with Gasteiger partial charge in [-0.25, -0.2) is 0 Å². The molecule has 68 valence electrons. The maximum Gasteiger partial charge on any atom is 0.0833 e. The summed E-state index contributed by atoms with van der Waals surface area (Å²) in [5.41, 5.74) is 0.438. The molecule has 0 bridgehead atoms. The summed E-state index contributed by atoms with van der Waals surface area (Å²) in [6, 6.07) is 0.717. The van der Waals surface area contributed by atoms with Crippen LogP contribution >= 0.6 is 0 Å². The van der Waals surface area contributed by atoms with Crippen LogP contribution in [0.5, 0.6) is 0 Å². The predicted molar refractivity (Wildman–Crippen MR) is 51.6 cm³/mol. The Bertz CT molecular complexity index is 117. The molecule has 0 aliphatic carbocycles. The van der Waals surface area contributed by atoms with Gasteiger partial charge in [0.05, 0.1) is 26.7 Å². The van der Waals surface area contributed by atoms with Gasteiger partial charge in [-0.05, 0) is 13.8 Å². The third-order valence-corrected chi connectivity index (χ3v) is 2.28.